The van der Waals surface area contributed by atoms with E-state index >= 15 is 0 Å². The second-order valence-electron chi connectivity index (χ2n) is 3.55. The summed E-state index contributed by atoms with van der Waals surface area (Å²) in [6.45, 7) is 0.602. The van der Waals surface area contributed by atoms with Gasteiger partial charge in [0, 0.05) is 33.1 Å². The van der Waals surface area contributed by atoms with Gasteiger partial charge in [-0.15, -0.1) is 0 Å². The van der Waals surface area contributed by atoms with Crippen LogP contribution in [0.1, 0.15) is 6.42 Å². The molecular weight excluding hydrogens is 206 g/mol. The monoisotopic (exact) mass is 223 g/mol. The number of pyridine rings is 1. The third-order valence-corrected chi connectivity index (χ3v) is 2.11. The molecule has 0 saturated carbocycles. The smallest absolute Gasteiger partial charge is 0.223 e. The Morgan fingerprint density at radius 2 is 2.25 bits per heavy atom. The van der Waals surface area contributed by atoms with Crippen LogP contribution in [0.15, 0.2) is 18.3 Å². The Kier molecular flexibility index (Phi) is 4.57. The minimum Gasteiger partial charge on any atom is -0.481 e. The van der Waals surface area contributed by atoms with Gasteiger partial charge in [-0.1, -0.05) is 0 Å². The highest BCUT2D eigenvalue weighted by Crippen LogP contribution is 2.10. The molecule has 0 aliphatic heterocycles. The lowest BCUT2D eigenvalue weighted by Crippen LogP contribution is -2.23. The fourth-order valence-electron chi connectivity index (χ4n) is 1.14. The molecule has 1 aromatic heterocycles. The highest BCUT2D eigenvalue weighted by atomic mass is 16.5. The van der Waals surface area contributed by atoms with Crippen LogP contribution in [0.4, 0.5) is 5.69 Å². The Bertz CT molecular complexity index is 336. The summed E-state index contributed by atoms with van der Waals surface area (Å²) in [4.78, 5) is 16.9. The van der Waals surface area contributed by atoms with Crippen LogP contribution in [0.3, 0.4) is 0 Å². The van der Waals surface area contributed by atoms with Crippen LogP contribution in [0.25, 0.3) is 0 Å². The number of methoxy groups -OCH3 is 1. The maximum atomic E-state index is 11.3. The number of carbonyl (C=O) groups is 1. The van der Waals surface area contributed by atoms with E-state index in [-0.39, 0.29) is 5.91 Å². The molecule has 0 unspecified atom stereocenters. The molecular formula is C11H17N3O2. The lowest BCUT2D eigenvalue weighted by atomic mass is 10.3. The van der Waals surface area contributed by atoms with Crippen LogP contribution in [-0.2, 0) is 4.79 Å². The minimum absolute atomic E-state index is 0.106. The summed E-state index contributed by atoms with van der Waals surface area (Å²) in [6.07, 6.45) is 2.15. The number of anilines is 1. The van der Waals surface area contributed by atoms with Crippen molar-refractivity contribution in [2.45, 2.75) is 6.42 Å². The van der Waals surface area contributed by atoms with Crippen molar-refractivity contribution < 1.29 is 9.53 Å². The van der Waals surface area contributed by atoms with Gasteiger partial charge in [-0.3, -0.25) is 4.79 Å². The highest BCUT2D eigenvalue weighted by molar-refractivity contribution is 5.76. The summed E-state index contributed by atoms with van der Waals surface area (Å²) in [5.41, 5.74) is 0.882. The van der Waals surface area contributed by atoms with E-state index in [1.807, 2.05) is 6.07 Å². The molecule has 0 aliphatic carbocycles. The molecule has 0 fully saturated rings. The number of hydrogen-bond acceptors (Lipinski definition) is 4. The van der Waals surface area contributed by atoms with Crippen molar-refractivity contribution in [3.8, 4) is 5.88 Å². The van der Waals surface area contributed by atoms with E-state index in [2.05, 4.69) is 10.3 Å². The number of nitrogens with one attached hydrogen (secondary N) is 1. The van der Waals surface area contributed by atoms with Gasteiger partial charge in [-0.05, 0) is 6.07 Å². The fraction of sp³-hybridized carbons (Fsp3) is 0.455. The first-order valence-corrected chi connectivity index (χ1v) is 5.07. The van der Waals surface area contributed by atoms with E-state index in [9.17, 15) is 4.79 Å². The summed E-state index contributed by atoms with van der Waals surface area (Å²) >= 11 is 0. The molecule has 0 saturated heterocycles. The summed E-state index contributed by atoms with van der Waals surface area (Å²) in [5.74, 6) is 0.684. The largest absolute Gasteiger partial charge is 0.481 e. The van der Waals surface area contributed by atoms with E-state index in [0.717, 1.165) is 5.69 Å². The fourth-order valence-corrected chi connectivity index (χ4v) is 1.14. The molecule has 5 nitrogen and oxygen atoms in total. The van der Waals surface area contributed by atoms with E-state index in [4.69, 9.17) is 4.74 Å². The average molecular weight is 223 g/mol. The second-order valence-corrected chi connectivity index (χ2v) is 3.55. The Morgan fingerprint density at radius 3 is 2.75 bits per heavy atom. The average Bonchev–Trinajstić information content (AvgIpc) is 2.29. The first-order valence-electron chi connectivity index (χ1n) is 5.07. The number of amides is 1. The highest BCUT2D eigenvalue weighted by Gasteiger charge is 2.02. The Morgan fingerprint density at radius 1 is 1.50 bits per heavy atom. The van der Waals surface area contributed by atoms with Crippen molar-refractivity contribution in [1.82, 2.24) is 9.88 Å². The first kappa shape index (κ1) is 12.3. The molecule has 0 atom stereocenters. The molecule has 5 heteroatoms. The lowest BCUT2D eigenvalue weighted by Gasteiger charge is -2.11. The lowest BCUT2D eigenvalue weighted by molar-refractivity contribution is -0.128. The summed E-state index contributed by atoms with van der Waals surface area (Å²) in [5, 5.41) is 3.12. The zero-order valence-electron chi connectivity index (χ0n) is 9.86. The molecule has 0 aromatic carbocycles. The predicted molar refractivity (Wildman–Crippen MR) is 62.6 cm³/mol. The molecule has 1 N–H and O–H groups in total. The van der Waals surface area contributed by atoms with Gasteiger partial charge >= 0.3 is 0 Å². The Balaban J connectivity index is 2.34. The number of nitrogens with zero attached hydrogens (tertiary/aromatic N) is 2. The number of rotatable bonds is 5. The van der Waals surface area contributed by atoms with Crippen LogP contribution in [0.2, 0.25) is 0 Å². The third-order valence-electron chi connectivity index (χ3n) is 2.11. The standard InChI is InChI=1S/C11H17N3O2/c1-14(2)11(15)6-7-12-9-4-5-10(16-3)13-8-9/h4-5,8,12H,6-7H2,1-3H3. The van der Waals surface area contributed by atoms with E-state index < -0.39 is 0 Å². The molecule has 1 heterocycles. The number of ether oxygens (including phenoxy) is 1. The second kappa shape index (κ2) is 5.95. The number of aromatic nitrogens is 1. The molecule has 1 amide bonds. The number of hydrogen-bond donors (Lipinski definition) is 1. The Hall–Kier alpha value is -1.78. The molecule has 1 rings (SSSR count). The van der Waals surface area contributed by atoms with Gasteiger partial charge in [0.15, 0.2) is 0 Å². The van der Waals surface area contributed by atoms with Crippen LogP contribution in [-0.4, -0.2) is 43.5 Å². The molecule has 16 heavy (non-hydrogen) atoms. The quantitative estimate of drug-likeness (QED) is 0.808. The summed E-state index contributed by atoms with van der Waals surface area (Å²) in [7, 11) is 5.07. The van der Waals surface area contributed by atoms with Gasteiger partial charge in [-0.2, -0.15) is 0 Å². The van der Waals surface area contributed by atoms with E-state index in [1.165, 1.54) is 0 Å². The zero-order valence-corrected chi connectivity index (χ0v) is 9.86. The molecule has 0 spiro atoms. The van der Waals surface area contributed by atoms with Gasteiger partial charge in [0.1, 0.15) is 0 Å². The van der Waals surface area contributed by atoms with Crippen LogP contribution >= 0.6 is 0 Å². The predicted octanol–water partition coefficient (Wildman–Crippen LogP) is 0.980. The van der Waals surface area contributed by atoms with E-state index in [1.54, 1.807) is 38.4 Å². The topological polar surface area (TPSA) is 54.5 Å². The van der Waals surface area contributed by atoms with Gasteiger partial charge in [0.25, 0.3) is 0 Å². The maximum absolute atomic E-state index is 11.3. The van der Waals surface area contributed by atoms with Crippen molar-refractivity contribution >= 4 is 11.6 Å². The normalized spacial score (nSPS) is 9.69. The van der Waals surface area contributed by atoms with Crippen LogP contribution < -0.4 is 10.1 Å². The number of carbonyl (C=O) groups excluding carboxylic acids is 1. The van der Waals surface area contributed by atoms with Crippen molar-refractivity contribution in [2.24, 2.45) is 0 Å². The van der Waals surface area contributed by atoms with Crippen molar-refractivity contribution in [3.05, 3.63) is 18.3 Å². The third kappa shape index (κ3) is 3.76. The van der Waals surface area contributed by atoms with E-state index in [0.29, 0.717) is 18.8 Å². The zero-order chi connectivity index (χ0) is 12.0. The van der Waals surface area contributed by atoms with Gasteiger partial charge < -0.3 is 15.0 Å². The van der Waals surface area contributed by atoms with Gasteiger partial charge in [0.2, 0.25) is 11.8 Å². The molecule has 0 bridgehead atoms. The first-order chi connectivity index (χ1) is 7.63. The molecule has 1 aromatic rings. The maximum Gasteiger partial charge on any atom is 0.223 e. The summed E-state index contributed by atoms with van der Waals surface area (Å²) in [6, 6.07) is 3.64. The van der Waals surface area contributed by atoms with Crippen LogP contribution in [0.5, 0.6) is 5.88 Å². The van der Waals surface area contributed by atoms with Crippen molar-refractivity contribution in [2.75, 3.05) is 33.1 Å². The van der Waals surface area contributed by atoms with Crippen molar-refractivity contribution in [1.29, 1.82) is 0 Å². The molecule has 0 aliphatic rings. The molecule has 0 radical (unpaired) electrons. The van der Waals surface area contributed by atoms with Crippen LogP contribution in [0, 0.1) is 0 Å². The van der Waals surface area contributed by atoms with Gasteiger partial charge in [0.05, 0.1) is 19.0 Å². The molecule has 88 valence electrons. The minimum atomic E-state index is 0.106. The van der Waals surface area contributed by atoms with Gasteiger partial charge in [-0.25, -0.2) is 4.98 Å². The Labute approximate surface area is 95.4 Å². The summed E-state index contributed by atoms with van der Waals surface area (Å²) < 4.78 is 4.94. The SMILES string of the molecule is COc1ccc(NCCC(=O)N(C)C)cn1. The van der Waals surface area contributed by atoms with Crippen molar-refractivity contribution in [3.63, 3.8) is 0 Å².